The average Bonchev–Trinajstić information content (AvgIpc) is 3.78. The number of nitrogens with zero attached hydrogens (tertiary/aromatic N) is 5. The number of carbonyl (C=O) groups is 1. The molecule has 1 amide bonds. The van der Waals surface area contributed by atoms with Gasteiger partial charge < -0.3 is 20.1 Å². The van der Waals surface area contributed by atoms with Gasteiger partial charge in [0.05, 0.1) is 32.7 Å². The van der Waals surface area contributed by atoms with Crippen molar-refractivity contribution < 1.29 is 40.6 Å². The Hall–Kier alpha value is -4.18. The van der Waals surface area contributed by atoms with Crippen LogP contribution in [0.3, 0.4) is 0 Å². The minimum Gasteiger partial charge on any atom is -0.471 e. The summed E-state index contributed by atoms with van der Waals surface area (Å²) in [6.07, 6.45) is -3.71. The largest absolute Gasteiger partial charge is 0.471 e. The van der Waals surface area contributed by atoms with Gasteiger partial charge in [0.25, 0.3) is 0 Å². The molecule has 4 atom stereocenters. The van der Waals surface area contributed by atoms with Gasteiger partial charge in [-0.25, -0.2) is 18.2 Å². The Morgan fingerprint density at radius 3 is 2.75 bits per heavy atom. The Bertz CT molecular complexity index is 1960. The highest BCUT2D eigenvalue weighted by Gasteiger charge is 2.49. The van der Waals surface area contributed by atoms with E-state index in [0.29, 0.717) is 25.5 Å². The van der Waals surface area contributed by atoms with Gasteiger partial charge in [0.1, 0.15) is 30.2 Å². The standard InChI is InChI=1S/C32H30F6N6O3S/c1-3-22(45)44-10-7-21(15(44)2)47-28-18-11-19(32(36,37)38)23(17-5-6-20(34)27-26(17)40-29(39)48-27)24(35)25(18)41-30(42-28)46-14-31-8-4-9-43(31)13-16(33)12-31/h3,5-6,11,15-16,21H,1,4,7-10,12-14H2,2H3,(H2,39,40)/t15-,16-,21?,31+/m1/s1. The number of nitrogen functional groups attached to an aromatic ring is 1. The van der Waals surface area contributed by atoms with Gasteiger partial charge in [-0.3, -0.25) is 9.69 Å². The fraction of sp³-hybridized carbons (Fsp3) is 0.438. The van der Waals surface area contributed by atoms with Crippen molar-refractivity contribution >= 4 is 43.5 Å². The highest BCUT2D eigenvalue weighted by Crippen LogP contribution is 2.46. The number of benzene rings is 2. The van der Waals surface area contributed by atoms with Crippen molar-refractivity contribution in [2.75, 3.05) is 32.0 Å². The molecule has 2 aromatic carbocycles. The molecule has 254 valence electrons. The Labute approximate surface area is 274 Å². The average molecular weight is 693 g/mol. The highest BCUT2D eigenvalue weighted by atomic mass is 32.1. The number of thiazole rings is 1. The summed E-state index contributed by atoms with van der Waals surface area (Å²) in [7, 11) is 0. The molecule has 0 saturated carbocycles. The maximum atomic E-state index is 16.8. The predicted molar refractivity (Wildman–Crippen MR) is 166 cm³/mol. The van der Waals surface area contributed by atoms with E-state index in [9.17, 15) is 26.7 Å². The second kappa shape index (κ2) is 11.8. The molecule has 1 unspecified atom stereocenters. The van der Waals surface area contributed by atoms with E-state index in [1.165, 1.54) is 4.90 Å². The summed E-state index contributed by atoms with van der Waals surface area (Å²) in [5.41, 5.74) is 1.73. The van der Waals surface area contributed by atoms with Crippen LogP contribution in [0.25, 0.3) is 32.2 Å². The molecule has 2 aromatic heterocycles. The van der Waals surface area contributed by atoms with Crippen LogP contribution in [0.2, 0.25) is 0 Å². The number of likely N-dealkylation sites (tertiary alicyclic amines) is 1. The molecule has 48 heavy (non-hydrogen) atoms. The number of fused-ring (bicyclic) bond motifs is 3. The summed E-state index contributed by atoms with van der Waals surface area (Å²) in [5, 5.41) is -0.504. The van der Waals surface area contributed by atoms with E-state index in [1.54, 1.807) is 6.92 Å². The summed E-state index contributed by atoms with van der Waals surface area (Å²) >= 11 is 0.720. The molecular formula is C32H30F6N6O3S. The number of ether oxygens (including phenoxy) is 2. The van der Waals surface area contributed by atoms with Crippen LogP contribution in [-0.2, 0) is 11.0 Å². The van der Waals surface area contributed by atoms with E-state index >= 15 is 4.39 Å². The fourth-order valence-corrected chi connectivity index (χ4v) is 8.07. The number of aromatic nitrogens is 3. The molecule has 2 N–H and O–H groups in total. The van der Waals surface area contributed by atoms with Crippen LogP contribution in [0.5, 0.6) is 11.9 Å². The predicted octanol–water partition coefficient (Wildman–Crippen LogP) is 6.30. The van der Waals surface area contributed by atoms with Gasteiger partial charge in [-0.2, -0.15) is 23.1 Å². The lowest BCUT2D eigenvalue weighted by Gasteiger charge is -2.31. The molecule has 4 aromatic rings. The number of rotatable bonds is 7. The number of nitrogens with two attached hydrogens (primary N) is 1. The molecule has 0 bridgehead atoms. The third kappa shape index (κ3) is 5.38. The molecule has 3 aliphatic heterocycles. The molecule has 16 heteroatoms. The molecule has 3 fully saturated rings. The van der Waals surface area contributed by atoms with Gasteiger partial charge in [-0.15, -0.1) is 0 Å². The first-order valence-electron chi connectivity index (χ1n) is 15.4. The molecule has 9 nitrogen and oxygen atoms in total. The SMILES string of the molecule is C=CC(=O)N1CCC(Oc2nc(OC[C@@]34CCCN3C[C@H](F)C4)nc3c(F)c(-c4ccc(F)c5sc(N)nc45)c(C(F)(F)F)cc23)[C@H]1C. The van der Waals surface area contributed by atoms with Crippen molar-refractivity contribution in [3.8, 4) is 23.0 Å². The lowest BCUT2D eigenvalue weighted by Crippen LogP contribution is -2.43. The molecule has 0 radical (unpaired) electrons. The van der Waals surface area contributed by atoms with Crippen molar-refractivity contribution in [1.82, 2.24) is 24.8 Å². The number of halogens is 6. The van der Waals surface area contributed by atoms with E-state index in [1.807, 2.05) is 4.90 Å². The zero-order valence-corrected chi connectivity index (χ0v) is 26.4. The summed E-state index contributed by atoms with van der Waals surface area (Å²) in [5.74, 6) is -2.89. The number of carbonyl (C=O) groups excluding carboxylic acids is 1. The normalized spacial score (nSPS) is 24.5. The van der Waals surface area contributed by atoms with Crippen molar-refractivity contribution in [3.63, 3.8) is 0 Å². The Morgan fingerprint density at radius 2 is 2.00 bits per heavy atom. The summed E-state index contributed by atoms with van der Waals surface area (Å²) in [6, 6.07) is 1.72. The van der Waals surface area contributed by atoms with Gasteiger partial charge in [0, 0.05) is 37.1 Å². The summed E-state index contributed by atoms with van der Waals surface area (Å²) in [4.78, 5) is 28.4. The highest BCUT2D eigenvalue weighted by molar-refractivity contribution is 7.22. The van der Waals surface area contributed by atoms with E-state index in [4.69, 9.17) is 15.2 Å². The molecule has 5 heterocycles. The van der Waals surface area contributed by atoms with Crippen LogP contribution in [-0.4, -0.2) is 80.8 Å². The number of alkyl halides is 4. The second-order valence-electron chi connectivity index (χ2n) is 12.4. The summed E-state index contributed by atoms with van der Waals surface area (Å²) in [6.45, 7) is 6.40. The van der Waals surface area contributed by atoms with Gasteiger partial charge in [0.2, 0.25) is 11.8 Å². The van der Waals surface area contributed by atoms with Gasteiger partial charge >= 0.3 is 12.2 Å². The molecule has 3 saturated heterocycles. The molecular weight excluding hydrogens is 662 g/mol. The van der Waals surface area contributed by atoms with Crippen molar-refractivity contribution in [2.24, 2.45) is 0 Å². The number of anilines is 1. The molecule has 3 aliphatic rings. The molecule has 0 spiro atoms. The van der Waals surface area contributed by atoms with E-state index < -0.39 is 63.7 Å². The Kier molecular flexibility index (Phi) is 7.93. The monoisotopic (exact) mass is 692 g/mol. The Morgan fingerprint density at radius 1 is 1.21 bits per heavy atom. The maximum Gasteiger partial charge on any atom is 0.417 e. The first-order chi connectivity index (χ1) is 22.8. The molecule has 0 aliphatic carbocycles. The van der Waals surface area contributed by atoms with Crippen LogP contribution < -0.4 is 15.2 Å². The first kappa shape index (κ1) is 32.4. The number of amides is 1. The van der Waals surface area contributed by atoms with E-state index in [2.05, 4.69) is 21.5 Å². The van der Waals surface area contributed by atoms with Crippen LogP contribution in [0.15, 0.2) is 30.9 Å². The van der Waals surface area contributed by atoms with Gasteiger partial charge in [0.15, 0.2) is 10.9 Å². The minimum absolute atomic E-state index is 0.0361. The third-order valence-electron chi connectivity index (χ3n) is 9.60. The zero-order chi connectivity index (χ0) is 34.1. The van der Waals surface area contributed by atoms with Crippen LogP contribution in [0.1, 0.15) is 38.2 Å². The number of hydrogen-bond acceptors (Lipinski definition) is 9. The topological polar surface area (TPSA) is 107 Å². The van der Waals surface area contributed by atoms with Crippen LogP contribution in [0.4, 0.5) is 31.5 Å². The van der Waals surface area contributed by atoms with E-state index in [-0.39, 0.29) is 64.8 Å². The van der Waals surface area contributed by atoms with Crippen LogP contribution >= 0.6 is 11.3 Å². The van der Waals surface area contributed by atoms with Crippen molar-refractivity contribution in [3.05, 3.63) is 48.1 Å². The quantitative estimate of drug-likeness (QED) is 0.178. The smallest absolute Gasteiger partial charge is 0.417 e. The summed E-state index contributed by atoms with van der Waals surface area (Å²) < 4.78 is 102. The lowest BCUT2D eigenvalue weighted by atomic mass is 9.95. The maximum absolute atomic E-state index is 16.8. The lowest BCUT2D eigenvalue weighted by molar-refractivity contribution is -0.137. The zero-order valence-electron chi connectivity index (χ0n) is 25.6. The van der Waals surface area contributed by atoms with Crippen molar-refractivity contribution in [2.45, 2.75) is 62.6 Å². The van der Waals surface area contributed by atoms with Crippen molar-refractivity contribution in [1.29, 1.82) is 0 Å². The van der Waals surface area contributed by atoms with Gasteiger partial charge in [-0.1, -0.05) is 17.9 Å². The van der Waals surface area contributed by atoms with E-state index in [0.717, 1.165) is 36.0 Å². The Balaban J connectivity index is 1.39. The molecule has 7 rings (SSSR count). The second-order valence-corrected chi connectivity index (χ2v) is 13.5. The minimum atomic E-state index is -5.09. The first-order valence-corrected chi connectivity index (χ1v) is 16.2. The fourth-order valence-electron chi connectivity index (χ4n) is 7.30. The number of hydrogen-bond donors (Lipinski definition) is 1. The third-order valence-corrected chi connectivity index (χ3v) is 10.5. The van der Waals surface area contributed by atoms with Crippen LogP contribution in [0, 0.1) is 11.6 Å². The van der Waals surface area contributed by atoms with Gasteiger partial charge in [-0.05, 0) is 50.6 Å².